The van der Waals surface area contributed by atoms with Crippen LogP contribution < -0.4 is 10.1 Å². The summed E-state index contributed by atoms with van der Waals surface area (Å²) in [5, 5.41) is 3.45. The van der Waals surface area contributed by atoms with Gasteiger partial charge in [-0.3, -0.25) is 0 Å². The largest absolute Gasteiger partial charge is 0.436 e. The van der Waals surface area contributed by atoms with Gasteiger partial charge in [0, 0.05) is 28.8 Å². The van der Waals surface area contributed by atoms with Crippen molar-refractivity contribution in [1.82, 2.24) is 10.3 Å². The third-order valence-electron chi connectivity index (χ3n) is 3.44. The van der Waals surface area contributed by atoms with Gasteiger partial charge in [0.05, 0.1) is 0 Å². The fourth-order valence-corrected chi connectivity index (χ4v) is 2.36. The summed E-state index contributed by atoms with van der Waals surface area (Å²) in [6.07, 6.45) is 2.52. The molecule has 1 saturated carbocycles. The Morgan fingerprint density at radius 1 is 1.33 bits per heavy atom. The van der Waals surface area contributed by atoms with Crippen LogP contribution >= 0.6 is 15.9 Å². The Morgan fingerprint density at radius 2 is 2.14 bits per heavy atom. The molecule has 1 aromatic carbocycles. The summed E-state index contributed by atoms with van der Waals surface area (Å²) < 4.78 is 19.9. The molecule has 1 fully saturated rings. The summed E-state index contributed by atoms with van der Waals surface area (Å²) in [6.45, 7) is 2.76. The van der Waals surface area contributed by atoms with Crippen LogP contribution in [0.1, 0.15) is 24.1 Å². The first-order valence-corrected chi connectivity index (χ1v) is 7.74. The summed E-state index contributed by atoms with van der Waals surface area (Å²) in [6, 6.07) is 9.11. The molecule has 0 saturated heterocycles. The number of benzene rings is 1. The molecule has 0 radical (unpaired) electrons. The molecule has 1 aliphatic rings. The first kappa shape index (κ1) is 14.5. The first-order valence-electron chi connectivity index (χ1n) is 6.94. The molecule has 0 bridgehead atoms. The van der Waals surface area contributed by atoms with E-state index < -0.39 is 5.82 Å². The average molecular weight is 351 g/mol. The topological polar surface area (TPSA) is 34.1 Å². The van der Waals surface area contributed by atoms with Gasteiger partial charge in [0.2, 0.25) is 5.88 Å². The molecular formula is C16H16BrFN2O. The average Bonchev–Trinajstić information content (AvgIpc) is 3.25. The zero-order valence-electron chi connectivity index (χ0n) is 11.7. The Labute approximate surface area is 131 Å². The lowest BCUT2D eigenvalue weighted by molar-refractivity contribution is 0.426. The lowest BCUT2D eigenvalue weighted by Crippen LogP contribution is -2.16. The van der Waals surface area contributed by atoms with Crippen molar-refractivity contribution in [3.8, 4) is 11.6 Å². The number of aromatic nitrogens is 1. The quantitative estimate of drug-likeness (QED) is 0.870. The molecule has 2 aromatic rings. The maximum atomic E-state index is 13.7. The number of pyridine rings is 1. The zero-order chi connectivity index (χ0) is 14.8. The number of ether oxygens (including phenoxy) is 1. The van der Waals surface area contributed by atoms with Gasteiger partial charge in [0.1, 0.15) is 0 Å². The second-order valence-electron chi connectivity index (χ2n) is 5.23. The van der Waals surface area contributed by atoms with Crippen molar-refractivity contribution in [1.29, 1.82) is 0 Å². The minimum atomic E-state index is -0.414. The minimum absolute atomic E-state index is 0.175. The monoisotopic (exact) mass is 350 g/mol. The normalized spacial score (nSPS) is 14.2. The number of hydrogen-bond donors (Lipinski definition) is 1. The summed E-state index contributed by atoms with van der Waals surface area (Å²) in [5.74, 6) is 0.168. The van der Waals surface area contributed by atoms with E-state index in [1.807, 2.05) is 13.0 Å². The van der Waals surface area contributed by atoms with Crippen LogP contribution in [0.3, 0.4) is 0 Å². The van der Waals surface area contributed by atoms with E-state index in [1.165, 1.54) is 18.9 Å². The minimum Gasteiger partial charge on any atom is -0.436 e. The van der Waals surface area contributed by atoms with Crippen LogP contribution in [0.25, 0.3) is 0 Å². The first-order chi connectivity index (χ1) is 10.1. The highest BCUT2D eigenvalue weighted by molar-refractivity contribution is 9.10. The second kappa shape index (κ2) is 6.12. The molecule has 0 atom stereocenters. The Bertz CT molecular complexity index is 659. The van der Waals surface area contributed by atoms with Crippen LogP contribution in [0, 0.1) is 12.7 Å². The molecule has 0 amide bonds. The van der Waals surface area contributed by atoms with E-state index in [9.17, 15) is 4.39 Å². The molecule has 110 valence electrons. The van der Waals surface area contributed by atoms with Crippen molar-refractivity contribution >= 4 is 15.9 Å². The van der Waals surface area contributed by atoms with Crippen LogP contribution in [0.2, 0.25) is 0 Å². The number of rotatable bonds is 5. The van der Waals surface area contributed by atoms with Crippen LogP contribution in [0.15, 0.2) is 34.8 Å². The van der Waals surface area contributed by atoms with E-state index in [0.717, 1.165) is 17.8 Å². The summed E-state index contributed by atoms with van der Waals surface area (Å²) >= 11 is 3.22. The van der Waals surface area contributed by atoms with Gasteiger partial charge in [-0.1, -0.05) is 22.0 Å². The summed E-state index contributed by atoms with van der Waals surface area (Å²) in [7, 11) is 0. The third kappa shape index (κ3) is 3.80. The fraction of sp³-hybridized carbons (Fsp3) is 0.312. The van der Waals surface area contributed by atoms with Gasteiger partial charge in [0.25, 0.3) is 0 Å². The molecule has 1 N–H and O–H groups in total. The number of halogens is 2. The predicted octanol–water partition coefficient (Wildman–Crippen LogP) is 4.34. The van der Waals surface area contributed by atoms with Crippen molar-refractivity contribution in [3.63, 3.8) is 0 Å². The van der Waals surface area contributed by atoms with E-state index in [1.54, 1.807) is 18.2 Å². The fourth-order valence-electron chi connectivity index (χ4n) is 2.02. The van der Waals surface area contributed by atoms with Gasteiger partial charge in [-0.05, 0) is 43.5 Å². The molecule has 1 heterocycles. The molecule has 3 rings (SSSR count). The third-order valence-corrected chi connectivity index (χ3v) is 3.93. The van der Waals surface area contributed by atoms with Gasteiger partial charge >= 0.3 is 0 Å². The van der Waals surface area contributed by atoms with E-state index in [2.05, 4.69) is 26.2 Å². The highest BCUT2D eigenvalue weighted by Crippen LogP contribution is 2.26. The van der Waals surface area contributed by atoms with E-state index in [0.29, 0.717) is 16.4 Å². The Hall–Kier alpha value is -1.46. The maximum absolute atomic E-state index is 13.7. The van der Waals surface area contributed by atoms with Crippen molar-refractivity contribution in [2.24, 2.45) is 0 Å². The van der Waals surface area contributed by atoms with Crippen LogP contribution in [0.4, 0.5) is 4.39 Å². The molecule has 1 aliphatic carbocycles. The maximum Gasteiger partial charge on any atom is 0.219 e. The second-order valence-corrected chi connectivity index (χ2v) is 6.14. The SMILES string of the molecule is Cc1nc(Oc2ccc(Br)cc2F)ccc1CNC1CC1. The predicted molar refractivity (Wildman–Crippen MR) is 83.0 cm³/mol. The van der Waals surface area contributed by atoms with Crippen LogP contribution in [0.5, 0.6) is 11.6 Å². The zero-order valence-corrected chi connectivity index (χ0v) is 13.3. The molecule has 21 heavy (non-hydrogen) atoms. The van der Waals surface area contributed by atoms with Crippen molar-refractivity contribution in [2.45, 2.75) is 32.4 Å². The molecule has 0 unspecified atom stereocenters. The smallest absolute Gasteiger partial charge is 0.219 e. The molecule has 0 spiro atoms. The molecule has 0 aliphatic heterocycles. The highest BCUT2D eigenvalue weighted by atomic mass is 79.9. The van der Waals surface area contributed by atoms with Gasteiger partial charge in [0.15, 0.2) is 11.6 Å². The Morgan fingerprint density at radius 3 is 2.81 bits per heavy atom. The molecule has 5 heteroatoms. The van der Waals surface area contributed by atoms with Crippen LogP contribution in [-0.4, -0.2) is 11.0 Å². The molecule has 1 aromatic heterocycles. The number of hydrogen-bond acceptors (Lipinski definition) is 3. The van der Waals surface area contributed by atoms with E-state index in [4.69, 9.17) is 4.74 Å². The molecular weight excluding hydrogens is 335 g/mol. The van der Waals surface area contributed by atoms with Gasteiger partial charge in [-0.15, -0.1) is 0 Å². The number of nitrogens with one attached hydrogen (secondary N) is 1. The Balaban J connectivity index is 1.71. The summed E-state index contributed by atoms with van der Waals surface area (Å²) in [5.41, 5.74) is 2.05. The van der Waals surface area contributed by atoms with Crippen LogP contribution in [-0.2, 0) is 6.54 Å². The van der Waals surface area contributed by atoms with Crippen molar-refractivity contribution < 1.29 is 9.13 Å². The standard InChI is InChI=1S/C16H16BrFN2O/c1-10-11(9-19-13-4-5-13)2-7-16(20-10)21-15-6-3-12(17)8-14(15)18/h2-3,6-8,13,19H,4-5,9H2,1H3. The van der Waals surface area contributed by atoms with Crippen molar-refractivity contribution in [3.05, 3.63) is 51.9 Å². The van der Waals surface area contributed by atoms with Crippen molar-refractivity contribution in [2.75, 3.05) is 0 Å². The summed E-state index contributed by atoms with van der Waals surface area (Å²) in [4.78, 5) is 4.39. The highest BCUT2D eigenvalue weighted by Gasteiger charge is 2.20. The van der Waals surface area contributed by atoms with Gasteiger partial charge in [-0.2, -0.15) is 0 Å². The Kier molecular flexibility index (Phi) is 4.22. The number of aryl methyl sites for hydroxylation is 1. The van der Waals surface area contributed by atoms with Gasteiger partial charge < -0.3 is 10.1 Å². The molecule has 3 nitrogen and oxygen atoms in total. The number of nitrogens with zero attached hydrogens (tertiary/aromatic N) is 1. The lowest BCUT2D eigenvalue weighted by Gasteiger charge is -2.10. The lowest BCUT2D eigenvalue weighted by atomic mass is 10.2. The van der Waals surface area contributed by atoms with Gasteiger partial charge in [-0.25, -0.2) is 9.37 Å². The van der Waals surface area contributed by atoms with E-state index in [-0.39, 0.29) is 5.75 Å². The van der Waals surface area contributed by atoms with E-state index >= 15 is 0 Å².